The number of rotatable bonds is 3. The average Bonchev–Trinajstić information content (AvgIpc) is 2.34. The summed E-state index contributed by atoms with van der Waals surface area (Å²) in [4.78, 5) is 13.5. The van der Waals surface area contributed by atoms with Gasteiger partial charge in [0.25, 0.3) is 0 Å². The lowest BCUT2D eigenvalue weighted by Gasteiger charge is -2.31. The molecule has 2 N–H and O–H groups in total. The van der Waals surface area contributed by atoms with Gasteiger partial charge in [0.2, 0.25) is 5.43 Å². The van der Waals surface area contributed by atoms with Gasteiger partial charge in [0.1, 0.15) is 12.0 Å². The van der Waals surface area contributed by atoms with E-state index < -0.39 is 0 Å². The molecule has 0 bridgehead atoms. The fourth-order valence-corrected chi connectivity index (χ4v) is 2.18. The summed E-state index contributed by atoms with van der Waals surface area (Å²) in [6.07, 6.45) is 3.44. The second-order valence-electron chi connectivity index (χ2n) is 4.46. The largest absolute Gasteiger partial charge is 0.502 e. The summed E-state index contributed by atoms with van der Waals surface area (Å²) in [7, 11) is 1.97. The summed E-state index contributed by atoms with van der Waals surface area (Å²) in [6, 6.07) is 1.87. The second kappa shape index (κ2) is 5.33. The monoisotopic (exact) mass is 238 g/mol. The van der Waals surface area contributed by atoms with Gasteiger partial charge >= 0.3 is 0 Å². The molecule has 1 aliphatic heterocycles. The Kier molecular flexibility index (Phi) is 3.81. The Morgan fingerprint density at radius 1 is 1.65 bits per heavy atom. The van der Waals surface area contributed by atoms with E-state index in [4.69, 9.17) is 9.52 Å². The van der Waals surface area contributed by atoms with Gasteiger partial charge in [-0.1, -0.05) is 0 Å². The first-order valence-electron chi connectivity index (χ1n) is 5.89. The van der Waals surface area contributed by atoms with E-state index in [1.165, 1.54) is 12.5 Å². The minimum absolute atomic E-state index is 0.333. The number of likely N-dealkylation sites (tertiary alicyclic amines) is 1. The molecule has 2 heterocycles. The van der Waals surface area contributed by atoms with Gasteiger partial charge in [0, 0.05) is 18.7 Å². The van der Waals surface area contributed by atoms with E-state index in [9.17, 15) is 4.79 Å². The molecule has 94 valence electrons. The normalized spacial score (nSPS) is 21.6. The maximum Gasteiger partial charge on any atom is 0.226 e. The highest BCUT2D eigenvalue weighted by Gasteiger charge is 2.19. The van der Waals surface area contributed by atoms with E-state index in [2.05, 4.69) is 10.2 Å². The summed E-state index contributed by atoms with van der Waals surface area (Å²) in [5, 5.41) is 12.4. The molecule has 2 rings (SSSR count). The highest BCUT2D eigenvalue weighted by Crippen LogP contribution is 2.13. The number of hydrogen-bond acceptors (Lipinski definition) is 5. The standard InChI is InChI=1S/C12H18N2O3/c1-13-9-3-2-4-14(6-9)7-10-5-11(15)12(16)8-17-10/h5,8-9,13,16H,2-4,6-7H2,1H3. The van der Waals surface area contributed by atoms with Crippen LogP contribution in [0.5, 0.6) is 5.75 Å². The fourth-order valence-electron chi connectivity index (χ4n) is 2.18. The van der Waals surface area contributed by atoms with Gasteiger partial charge in [-0.2, -0.15) is 0 Å². The maximum absolute atomic E-state index is 11.3. The molecule has 1 aliphatic rings. The third-order valence-electron chi connectivity index (χ3n) is 3.16. The Hall–Kier alpha value is -1.33. The smallest absolute Gasteiger partial charge is 0.226 e. The molecule has 1 aromatic rings. The van der Waals surface area contributed by atoms with Gasteiger partial charge in [-0.3, -0.25) is 9.69 Å². The topological polar surface area (TPSA) is 65.7 Å². The third kappa shape index (κ3) is 3.08. The SMILES string of the molecule is CNC1CCCN(Cc2cc(=O)c(O)co2)C1. The van der Waals surface area contributed by atoms with Crippen LogP contribution in [0.4, 0.5) is 0 Å². The number of nitrogens with one attached hydrogen (secondary N) is 1. The predicted molar refractivity (Wildman–Crippen MR) is 64.0 cm³/mol. The molecular weight excluding hydrogens is 220 g/mol. The van der Waals surface area contributed by atoms with Gasteiger partial charge in [-0.05, 0) is 26.4 Å². The van der Waals surface area contributed by atoms with Crippen molar-refractivity contribution < 1.29 is 9.52 Å². The molecule has 1 unspecified atom stereocenters. The molecule has 1 aromatic heterocycles. The maximum atomic E-state index is 11.3. The van der Waals surface area contributed by atoms with E-state index in [-0.39, 0.29) is 11.2 Å². The van der Waals surface area contributed by atoms with E-state index in [1.54, 1.807) is 0 Å². The Bertz CT molecular complexity index is 430. The van der Waals surface area contributed by atoms with Crippen molar-refractivity contribution in [3.63, 3.8) is 0 Å². The zero-order valence-electron chi connectivity index (χ0n) is 9.98. The van der Waals surface area contributed by atoms with Crippen molar-refractivity contribution in [3.05, 3.63) is 28.3 Å². The van der Waals surface area contributed by atoms with Gasteiger partial charge in [-0.25, -0.2) is 0 Å². The van der Waals surface area contributed by atoms with E-state index in [1.807, 2.05) is 7.05 Å². The van der Waals surface area contributed by atoms with E-state index in [0.717, 1.165) is 25.8 Å². The van der Waals surface area contributed by atoms with E-state index >= 15 is 0 Å². The lowest BCUT2D eigenvalue weighted by atomic mass is 10.1. The molecule has 0 spiro atoms. The molecule has 0 aliphatic carbocycles. The summed E-state index contributed by atoms with van der Waals surface area (Å²) in [5.41, 5.74) is -0.381. The molecular formula is C12H18N2O3. The van der Waals surface area contributed by atoms with Crippen LogP contribution < -0.4 is 10.7 Å². The van der Waals surface area contributed by atoms with Crippen molar-refractivity contribution in [2.75, 3.05) is 20.1 Å². The summed E-state index contributed by atoms with van der Waals surface area (Å²) in [6.45, 7) is 2.59. The zero-order chi connectivity index (χ0) is 12.3. The molecule has 1 saturated heterocycles. The molecule has 5 nitrogen and oxygen atoms in total. The van der Waals surface area contributed by atoms with Crippen molar-refractivity contribution in [1.29, 1.82) is 0 Å². The Balaban J connectivity index is 2.00. The van der Waals surface area contributed by atoms with Gasteiger partial charge in [0.05, 0.1) is 6.54 Å². The van der Waals surface area contributed by atoms with Crippen molar-refractivity contribution in [2.24, 2.45) is 0 Å². The van der Waals surface area contributed by atoms with Crippen LogP contribution in [0.1, 0.15) is 18.6 Å². The van der Waals surface area contributed by atoms with E-state index in [0.29, 0.717) is 18.3 Å². The summed E-state index contributed by atoms with van der Waals surface area (Å²) in [5.74, 6) is 0.269. The molecule has 0 amide bonds. The van der Waals surface area contributed by atoms with Crippen LogP contribution in [0.2, 0.25) is 0 Å². The van der Waals surface area contributed by atoms with Gasteiger partial charge in [-0.15, -0.1) is 0 Å². The number of likely N-dealkylation sites (N-methyl/N-ethyl adjacent to an activating group) is 1. The average molecular weight is 238 g/mol. The molecule has 0 saturated carbocycles. The minimum Gasteiger partial charge on any atom is -0.502 e. The first-order chi connectivity index (χ1) is 8.19. The lowest BCUT2D eigenvalue weighted by Crippen LogP contribution is -2.43. The number of hydrogen-bond donors (Lipinski definition) is 2. The Morgan fingerprint density at radius 3 is 3.18 bits per heavy atom. The quantitative estimate of drug-likeness (QED) is 0.804. The van der Waals surface area contributed by atoms with Crippen LogP contribution in [0, 0.1) is 0 Å². The predicted octanol–water partition coefficient (Wildman–Crippen LogP) is 0.529. The summed E-state index contributed by atoms with van der Waals surface area (Å²) >= 11 is 0. The first kappa shape index (κ1) is 12.1. The number of piperidine rings is 1. The summed E-state index contributed by atoms with van der Waals surface area (Å²) < 4.78 is 5.20. The Labute approximate surface area is 100 Å². The highest BCUT2D eigenvalue weighted by atomic mass is 16.4. The van der Waals surface area contributed by atoms with Crippen LogP contribution in [0.3, 0.4) is 0 Å². The number of aromatic hydroxyl groups is 1. The highest BCUT2D eigenvalue weighted by molar-refractivity contribution is 5.15. The second-order valence-corrected chi connectivity index (χ2v) is 4.46. The molecule has 1 atom stereocenters. The van der Waals surface area contributed by atoms with Crippen molar-refractivity contribution in [3.8, 4) is 5.75 Å². The lowest BCUT2D eigenvalue weighted by molar-refractivity contribution is 0.174. The van der Waals surface area contributed by atoms with Crippen molar-refractivity contribution >= 4 is 0 Å². The van der Waals surface area contributed by atoms with Gasteiger partial charge in [0.15, 0.2) is 5.75 Å². The number of nitrogens with zero attached hydrogens (tertiary/aromatic N) is 1. The van der Waals surface area contributed by atoms with Crippen LogP contribution in [-0.4, -0.2) is 36.2 Å². The van der Waals surface area contributed by atoms with Crippen LogP contribution in [0.25, 0.3) is 0 Å². The third-order valence-corrected chi connectivity index (χ3v) is 3.16. The molecule has 1 fully saturated rings. The first-order valence-corrected chi connectivity index (χ1v) is 5.89. The molecule has 17 heavy (non-hydrogen) atoms. The van der Waals surface area contributed by atoms with Crippen molar-refractivity contribution in [1.82, 2.24) is 10.2 Å². The van der Waals surface area contributed by atoms with Gasteiger partial charge < -0.3 is 14.8 Å². The molecule has 0 radical (unpaired) electrons. The minimum atomic E-state index is -0.381. The molecule has 5 heteroatoms. The Morgan fingerprint density at radius 2 is 2.47 bits per heavy atom. The zero-order valence-corrected chi connectivity index (χ0v) is 9.98. The van der Waals surface area contributed by atoms with Crippen LogP contribution >= 0.6 is 0 Å². The van der Waals surface area contributed by atoms with Crippen molar-refractivity contribution in [2.45, 2.75) is 25.4 Å². The fraction of sp³-hybridized carbons (Fsp3) is 0.583. The van der Waals surface area contributed by atoms with Crippen LogP contribution in [-0.2, 0) is 6.54 Å². The van der Waals surface area contributed by atoms with Crippen LogP contribution in [0.15, 0.2) is 21.5 Å². The molecule has 0 aromatic carbocycles.